The fraction of sp³-hybridized carbons (Fsp3) is 0.929. The maximum absolute atomic E-state index is 11.2. The minimum atomic E-state index is 0.0623. The Labute approximate surface area is 111 Å². The Morgan fingerprint density at radius 1 is 1.44 bits per heavy atom. The molecular formula is C14H28N2O2. The second-order valence-electron chi connectivity index (χ2n) is 5.98. The zero-order valence-electron chi connectivity index (χ0n) is 12.0. The van der Waals surface area contributed by atoms with E-state index in [9.17, 15) is 4.79 Å². The Morgan fingerprint density at radius 2 is 2.17 bits per heavy atom. The molecular weight excluding hydrogens is 228 g/mol. The van der Waals surface area contributed by atoms with E-state index in [1.54, 1.807) is 6.92 Å². The average molecular weight is 256 g/mol. The van der Waals surface area contributed by atoms with Gasteiger partial charge in [0.05, 0.1) is 0 Å². The number of piperidine rings is 1. The minimum absolute atomic E-state index is 0.0623. The zero-order valence-corrected chi connectivity index (χ0v) is 12.0. The number of aliphatic hydroxyl groups excluding tert-OH is 1. The summed E-state index contributed by atoms with van der Waals surface area (Å²) in [5.74, 6) is 1.31. The van der Waals surface area contributed by atoms with Crippen molar-refractivity contribution in [1.82, 2.24) is 10.2 Å². The normalized spacial score (nSPS) is 25.4. The maximum atomic E-state index is 11.2. The Kier molecular flexibility index (Phi) is 6.65. The number of hydrogen-bond donors (Lipinski definition) is 2. The summed E-state index contributed by atoms with van der Waals surface area (Å²) in [6.45, 7) is 9.47. The van der Waals surface area contributed by atoms with E-state index in [-0.39, 0.29) is 18.6 Å². The molecule has 0 aromatic carbocycles. The van der Waals surface area contributed by atoms with E-state index >= 15 is 0 Å². The number of nitrogens with zero attached hydrogens (tertiary/aromatic N) is 1. The van der Waals surface area contributed by atoms with Gasteiger partial charge >= 0.3 is 0 Å². The molecule has 0 radical (unpaired) electrons. The van der Waals surface area contributed by atoms with E-state index in [1.165, 1.54) is 0 Å². The number of aliphatic hydroxyl groups is 1. The lowest BCUT2D eigenvalue weighted by Gasteiger charge is -2.38. The maximum Gasteiger partial charge on any atom is 0.217 e. The molecule has 4 nitrogen and oxygen atoms in total. The van der Waals surface area contributed by atoms with Crippen LogP contribution in [0, 0.1) is 11.8 Å². The molecule has 1 aliphatic heterocycles. The SMILES string of the molecule is CC(=O)NC1CC(CCCO)CN(CC(C)C)C1. The fourth-order valence-corrected chi connectivity index (χ4v) is 2.95. The van der Waals surface area contributed by atoms with Gasteiger partial charge in [-0.3, -0.25) is 4.79 Å². The minimum Gasteiger partial charge on any atom is -0.396 e. The molecule has 2 atom stereocenters. The quantitative estimate of drug-likeness (QED) is 0.752. The van der Waals surface area contributed by atoms with E-state index in [0.29, 0.717) is 11.8 Å². The highest BCUT2D eigenvalue weighted by molar-refractivity contribution is 5.73. The molecule has 1 heterocycles. The van der Waals surface area contributed by atoms with Crippen LogP contribution < -0.4 is 5.32 Å². The van der Waals surface area contributed by atoms with Crippen LogP contribution >= 0.6 is 0 Å². The van der Waals surface area contributed by atoms with E-state index in [0.717, 1.165) is 38.9 Å². The van der Waals surface area contributed by atoms with Gasteiger partial charge in [0, 0.05) is 39.2 Å². The summed E-state index contributed by atoms with van der Waals surface area (Å²) in [6, 6.07) is 0.277. The van der Waals surface area contributed by atoms with Crippen molar-refractivity contribution in [3.63, 3.8) is 0 Å². The largest absolute Gasteiger partial charge is 0.396 e. The topological polar surface area (TPSA) is 52.6 Å². The van der Waals surface area contributed by atoms with Crippen LogP contribution in [0.4, 0.5) is 0 Å². The van der Waals surface area contributed by atoms with Gasteiger partial charge in [0.2, 0.25) is 5.91 Å². The summed E-state index contributed by atoms with van der Waals surface area (Å²) in [5.41, 5.74) is 0. The molecule has 4 heteroatoms. The number of carbonyl (C=O) groups excluding carboxylic acids is 1. The van der Waals surface area contributed by atoms with Gasteiger partial charge in [-0.05, 0) is 31.1 Å². The highest BCUT2D eigenvalue weighted by Gasteiger charge is 2.27. The molecule has 1 fully saturated rings. The van der Waals surface area contributed by atoms with Gasteiger partial charge in [-0.25, -0.2) is 0 Å². The van der Waals surface area contributed by atoms with Crippen molar-refractivity contribution < 1.29 is 9.90 Å². The Balaban J connectivity index is 2.51. The molecule has 0 spiro atoms. The molecule has 0 aromatic rings. The van der Waals surface area contributed by atoms with Crippen molar-refractivity contribution in [2.75, 3.05) is 26.2 Å². The van der Waals surface area contributed by atoms with E-state index in [1.807, 2.05) is 0 Å². The van der Waals surface area contributed by atoms with E-state index in [4.69, 9.17) is 5.11 Å². The first kappa shape index (κ1) is 15.4. The van der Waals surface area contributed by atoms with Crippen molar-refractivity contribution >= 4 is 5.91 Å². The molecule has 1 saturated heterocycles. The third-order valence-corrected chi connectivity index (χ3v) is 3.41. The predicted molar refractivity (Wildman–Crippen MR) is 73.3 cm³/mol. The fourth-order valence-electron chi connectivity index (χ4n) is 2.95. The standard InChI is InChI=1S/C14H28N2O2/c1-11(2)8-16-9-13(5-4-6-17)7-14(10-16)15-12(3)18/h11,13-14,17H,4-10H2,1-3H3,(H,15,18). The molecule has 1 aliphatic rings. The van der Waals surface area contributed by atoms with Crippen LogP contribution in [0.2, 0.25) is 0 Å². The number of amides is 1. The molecule has 18 heavy (non-hydrogen) atoms. The number of rotatable bonds is 6. The third kappa shape index (κ3) is 5.83. The molecule has 2 N–H and O–H groups in total. The van der Waals surface area contributed by atoms with Crippen LogP contribution in [0.15, 0.2) is 0 Å². The number of carbonyl (C=O) groups is 1. The lowest BCUT2D eigenvalue weighted by molar-refractivity contribution is -0.120. The Hall–Kier alpha value is -0.610. The average Bonchev–Trinajstić information content (AvgIpc) is 2.24. The number of nitrogens with one attached hydrogen (secondary N) is 1. The van der Waals surface area contributed by atoms with Gasteiger partial charge in [-0.1, -0.05) is 13.8 Å². The summed E-state index contributed by atoms with van der Waals surface area (Å²) < 4.78 is 0. The molecule has 0 aliphatic carbocycles. The molecule has 2 unspecified atom stereocenters. The first-order valence-electron chi connectivity index (χ1n) is 7.11. The monoisotopic (exact) mass is 256 g/mol. The molecule has 106 valence electrons. The lowest BCUT2D eigenvalue weighted by Crippen LogP contribution is -2.51. The van der Waals surface area contributed by atoms with Gasteiger partial charge in [0.15, 0.2) is 0 Å². The summed E-state index contributed by atoms with van der Waals surface area (Å²) in [5, 5.41) is 12.0. The number of hydrogen-bond acceptors (Lipinski definition) is 3. The zero-order chi connectivity index (χ0) is 13.5. The molecule has 1 amide bonds. The lowest BCUT2D eigenvalue weighted by atomic mass is 9.90. The third-order valence-electron chi connectivity index (χ3n) is 3.41. The predicted octanol–water partition coefficient (Wildman–Crippen LogP) is 1.24. The summed E-state index contributed by atoms with van der Waals surface area (Å²) >= 11 is 0. The van der Waals surface area contributed by atoms with Gasteiger partial charge < -0.3 is 15.3 Å². The van der Waals surface area contributed by atoms with Gasteiger partial charge in [0.1, 0.15) is 0 Å². The van der Waals surface area contributed by atoms with Crippen molar-refractivity contribution in [3.8, 4) is 0 Å². The first-order valence-corrected chi connectivity index (χ1v) is 7.11. The second-order valence-corrected chi connectivity index (χ2v) is 5.98. The van der Waals surface area contributed by atoms with Crippen LogP contribution in [-0.4, -0.2) is 48.2 Å². The van der Waals surface area contributed by atoms with Crippen LogP contribution in [0.25, 0.3) is 0 Å². The summed E-state index contributed by atoms with van der Waals surface area (Å²) in [7, 11) is 0. The molecule has 0 aromatic heterocycles. The Bertz CT molecular complexity index is 256. The van der Waals surface area contributed by atoms with Crippen LogP contribution in [-0.2, 0) is 4.79 Å². The highest BCUT2D eigenvalue weighted by Crippen LogP contribution is 2.22. The summed E-state index contributed by atoms with van der Waals surface area (Å²) in [6.07, 6.45) is 2.97. The first-order chi connectivity index (χ1) is 8.51. The summed E-state index contributed by atoms with van der Waals surface area (Å²) in [4.78, 5) is 13.6. The Morgan fingerprint density at radius 3 is 2.72 bits per heavy atom. The van der Waals surface area contributed by atoms with Crippen LogP contribution in [0.1, 0.15) is 40.0 Å². The highest BCUT2D eigenvalue weighted by atomic mass is 16.2. The van der Waals surface area contributed by atoms with Crippen molar-refractivity contribution in [3.05, 3.63) is 0 Å². The molecule has 0 bridgehead atoms. The van der Waals surface area contributed by atoms with E-state index < -0.39 is 0 Å². The van der Waals surface area contributed by atoms with Crippen LogP contribution in [0.3, 0.4) is 0 Å². The van der Waals surface area contributed by atoms with Gasteiger partial charge in [0.25, 0.3) is 0 Å². The van der Waals surface area contributed by atoms with Crippen LogP contribution in [0.5, 0.6) is 0 Å². The van der Waals surface area contributed by atoms with Crippen molar-refractivity contribution in [2.24, 2.45) is 11.8 Å². The van der Waals surface area contributed by atoms with Gasteiger partial charge in [-0.15, -0.1) is 0 Å². The van der Waals surface area contributed by atoms with Crippen molar-refractivity contribution in [2.45, 2.75) is 46.1 Å². The molecule has 0 saturated carbocycles. The smallest absolute Gasteiger partial charge is 0.217 e. The number of likely N-dealkylation sites (tertiary alicyclic amines) is 1. The molecule has 1 rings (SSSR count). The van der Waals surface area contributed by atoms with Crippen molar-refractivity contribution in [1.29, 1.82) is 0 Å². The van der Waals surface area contributed by atoms with E-state index in [2.05, 4.69) is 24.1 Å². The van der Waals surface area contributed by atoms with Gasteiger partial charge in [-0.2, -0.15) is 0 Å². The second kappa shape index (κ2) is 7.74.